The lowest BCUT2D eigenvalue weighted by atomic mass is 10.1. The van der Waals surface area contributed by atoms with E-state index in [1.54, 1.807) is 12.1 Å². The number of ether oxygens (including phenoxy) is 2. The number of amides is 2. The summed E-state index contributed by atoms with van der Waals surface area (Å²) in [5.41, 5.74) is 0.334. The Morgan fingerprint density at radius 1 is 1.00 bits per heavy atom. The molecule has 0 aliphatic carbocycles. The molecule has 0 spiro atoms. The number of carbonyl (C=O) groups is 5. The molecule has 9 heteroatoms. The van der Waals surface area contributed by atoms with Gasteiger partial charge in [0.05, 0.1) is 25.3 Å². The normalized spacial score (nSPS) is 15.3. The number of imide groups is 1. The quantitative estimate of drug-likeness (QED) is 0.533. The lowest BCUT2D eigenvalue weighted by Gasteiger charge is -2.26. The molecule has 1 aliphatic heterocycles. The minimum absolute atomic E-state index is 0.167. The molecule has 1 aromatic rings. The number of thioether (sulfide) groups is 1. The Morgan fingerprint density at radius 3 is 1.92 bits per heavy atom. The van der Waals surface area contributed by atoms with Gasteiger partial charge in [0.2, 0.25) is 0 Å². The summed E-state index contributed by atoms with van der Waals surface area (Å²) in [6, 6.07) is 4.80. The van der Waals surface area contributed by atoms with E-state index in [0.717, 1.165) is 19.1 Å². The molecule has 2 rings (SSSR count). The fourth-order valence-corrected chi connectivity index (χ4v) is 3.53. The standard InChI is InChI=1S/C17H17NO7S/c1-9(19)26-13(17(23)25-3)8-12(16(22)24-2)18-14(20)10-6-4-5-7-11(10)15(18)21/h4-7,12-13H,8H2,1-3H3/t12-,13-/m1/s1. The zero-order valence-corrected chi connectivity index (χ0v) is 15.2. The van der Waals surface area contributed by atoms with E-state index >= 15 is 0 Å². The van der Waals surface area contributed by atoms with Crippen molar-refractivity contribution < 1.29 is 33.4 Å². The maximum Gasteiger partial charge on any atom is 0.329 e. The number of hydrogen-bond donors (Lipinski definition) is 0. The van der Waals surface area contributed by atoms with Crippen LogP contribution in [-0.4, -0.2) is 59.3 Å². The molecule has 0 saturated carbocycles. The van der Waals surface area contributed by atoms with E-state index in [-0.39, 0.29) is 22.7 Å². The first-order chi connectivity index (χ1) is 12.3. The zero-order valence-electron chi connectivity index (χ0n) is 14.4. The predicted octanol–water partition coefficient (Wildman–Crippen LogP) is 1.04. The first-order valence-electron chi connectivity index (χ1n) is 7.61. The van der Waals surface area contributed by atoms with Crippen LogP contribution in [0.2, 0.25) is 0 Å². The molecule has 0 bridgehead atoms. The Hall–Kier alpha value is -2.68. The molecule has 26 heavy (non-hydrogen) atoms. The summed E-state index contributed by atoms with van der Waals surface area (Å²) < 4.78 is 9.36. The van der Waals surface area contributed by atoms with E-state index in [0.29, 0.717) is 11.8 Å². The van der Waals surface area contributed by atoms with E-state index in [1.165, 1.54) is 19.1 Å². The van der Waals surface area contributed by atoms with Gasteiger partial charge in [-0.2, -0.15) is 0 Å². The second-order valence-corrected chi connectivity index (χ2v) is 6.80. The van der Waals surface area contributed by atoms with Crippen LogP contribution in [0.5, 0.6) is 0 Å². The molecule has 0 fully saturated rings. The van der Waals surface area contributed by atoms with Crippen molar-refractivity contribution in [3.8, 4) is 0 Å². The van der Waals surface area contributed by atoms with Gasteiger partial charge in [0, 0.05) is 13.3 Å². The lowest BCUT2D eigenvalue weighted by molar-refractivity contribution is -0.146. The van der Waals surface area contributed by atoms with Gasteiger partial charge in [-0.15, -0.1) is 0 Å². The molecular weight excluding hydrogens is 362 g/mol. The Bertz CT molecular complexity index is 741. The summed E-state index contributed by atoms with van der Waals surface area (Å²) in [6.07, 6.45) is -0.297. The van der Waals surface area contributed by atoms with Gasteiger partial charge in [0.1, 0.15) is 11.3 Å². The summed E-state index contributed by atoms with van der Waals surface area (Å²) in [4.78, 5) is 61.6. The number of rotatable bonds is 6. The van der Waals surface area contributed by atoms with Crippen molar-refractivity contribution in [2.24, 2.45) is 0 Å². The Labute approximate surface area is 153 Å². The van der Waals surface area contributed by atoms with E-state index in [4.69, 9.17) is 4.74 Å². The van der Waals surface area contributed by atoms with Crippen LogP contribution in [0.25, 0.3) is 0 Å². The molecule has 0 radical (unpaired) electrons. The van der Waals surface area contributed by atoms with E-state index in [9.17, 15) is 24.0 Å². The number of hydrogen-bond acceptors (Lipinski definition) is 8. The SMILES string of the molecule is COC(=O)[C@@H](C[C@@H](SC(C)=O)C(=O)OC)N1C(=O)c2ccccc2C1=O. The zero-order chi connectivity index (χ0) is 19.4. The van der Waals surface area contributed by atoms with Crippen LogP contribution >= 0.6 is 11.8 Å². The van der Waals surface area contributed by atoms with Crippen LogP contribution in [-0.2, 0) is 23.9 Å². The number of esters is 2. The van der Waals surface area contributed by atoms with Crippen molar-refractivity contribution in [1.29, 1.82) is 0 Å². The maximum absolute atomic E-state index is 12.6. The summed E-state index contributed by atoms with van der Waals surface area (Å²) in [5, 5.41) is -1.43. The first-order valence-corrected chi connectivity index (χ1v) is 8.49. The number of fused-ring (bicyclic) bond motifs is 1. The second kappa shape index (κ2) is 8.13. The third-order valence-corrected chi connectivity index (χ3v) is 4.82. The molecule has 1 aliphatic rings. The Balaban J connectivity index is 2.38. The summed E-state index contributed by atoms with van der Waals surface area (Å²) in [6.45, 7) is 1.26. The molecular formula is C17H17NO7S. The number of carbonyl (C=O) groups excluding carboxylic acids is 5. The van der Waals surface area contributed by atoms with Crippen LogP contribution in [0.3, 0.4) is 0 Å². The number of methoxy groups -OCH3 is 2. The number of nitrogens with zero attached hydrogens (tertiary/aromatic N) is 1. The van der Waals surface area contributed by atoms with Gasteiger partial charge in [-0.25, -0.2) is 4.79 Å². The van der Waals surface area contributed by atoms with Crippen LogP contribution in [0.1, 0.15) is 34.1 Å². The monoisotopic (exact) mass is 379 g/mol. The van der Waals surface area contributed by atoms with Crippen molar-refractivity contribution in [3.05, 3.63) is 35.4 Å². The van der Waals surface area contributed by atoms with Crippen molar-refractivity contribution in [3.63, 3.8) is 0 Å². The van der Waals surface area contributed by atoms with Gasteiger partial charge in [-0.05, 0) is 12.1 Å². The molecule has 8 nitrogen and oxygen atoms in total. The fraction of sp³-hybridized carbons (Fsp3) is 0.353. The van der Waals surface area contributed by atoms with Crippen molar-refractivity contribution in [2.75, 3.05) is 14.2 Å². The van der Waals surface area contributed by atoms with Crippen molar-refractivity contribution >= 4 is 40.6 Å². The largest absolute Gasteiger partial charge is 0.468 e. The van der Waals surface area contributed by atoms with E-state index in [1.807, 2.05) is 0 Å². The lowest BCUT2D eigenvalue weighted by Crippen LogP contribution is -2.47. The molecule has 0 unspecified atom stereocenters. The minimum Gasteiger partial charge on any atom is -0.468 e. The van der Waals surface area contributed by atoms with Gasteiger partial charge in [0.15, 0.2) is 5.12 Å². The smallest absolute Gasteiger partial charge is 0.329 e. The average molecular weight is 379 g/mol. The van der Waals surface area contributed by atoms with Crippen LogP contribution in [0, 0.1) is 0 Å². The average Bonchev–Trinajstić information content (AvgIpc) is 2.88. The third-order valence-electron chi connectivity index (χ3n) is 3.82. The Morgan fingerprint density at radius 2 is 1.50 bits per heavy atom. The maximum atomic E-state index is 12.6. The molecule has 138 valence electrons. The molecule has 0 N–H and O–H groups in total. The van der Waals surface area contributed by atoms with E-state index < -0.39 is 35.0 Å². The highest BCUT2D eigenvalue weighted by molar-refractivity contribution is 8.14. The number of benzene rings is 1. The first kappa shape index (κ1) is 19.6. The molecule has 0 aromatic heterocycles. The van der Waals surface area contributed by atoms with Gasteiger partial charge in [-0.3, -0.25) is 24.1 Å². The summed E-state index contributed by atoms with van der Waals surface area (Å²) in [7, 11) is 2.25. The van der Waals surface area contributed by atoms with Crippen LogP contribution < -0.4 is 0 Å². The second-order valence-electron chi connectivity index (χ2n) is 5.42. The van der Waals surface area contributed by atoms with Gasteiger partial charge in [0.25, 0.3) is 11.8 Å². The molecule has 1 heterocycles. The highest BCUT2D eigenvalue weighted by atomic mass is 32.2. The molecule has 0 saturated heterocycles. The highest BCUT2D eigenvalue weighted by Gasteiger charge is 2.45. The fourth-order valence-electron chi connectivity index (χ4n) is 2.66. The third kappa shape index (κ3) is 3.77. The van der Waals surface area contributed by atoms with Gasteiger partial charge < -0.3 is 9.47 Å². The van der Waals surface area contributed by atoms with Gasteiger partial charge >= 0.3 is 11.9 Å². The van der Waals surface area contributed by atoms with Crippen molar-refractivity contribution in [2.45, 2.75) is 24.6 Å². The topological polar surface area (TPSA) is 107 Å². The van der Waals surface area contributed by atoms with Gasteiger partial charge in [-0.1, -0.05) is 23.9 Å². The van der Waals surface area contributed by atoms with Crippen LogP contribution in [0.4, 0.5) is 0 Å². The molecule has 2 atom stereocenters. The minimum atomic E-state index is -1.36. The van der Waals surface area contributed by atoms with E-state index in [2.05, 4.69) is 4.74 Å². The highest BCUT2D eigenvalue weighted by Crippen LogP contribution is 2.29. The predicted molar refractivity (Wildman–Crippen MR) is 91.4 cm³/mol. The summed E-state index contributed by atoms with van der Waals surface area (Å²) in [5.74, 6) is -2.91. The molecule has 2 amide bonds. The Kier molecular flexibility index (Phi) is 6.14. The molecule has 1 aromatic carbocycles. The van der Waals surface area contributed by atoms with Crippen molar-refractivity contribution in [1.82, 2.24) is 4.90 Å². The van der Waals surface area contributed by atoms with Crippen LogP contribution in [0.15, 0.2) is 24.3 Å². The summed E-state index contributed by atoms with van der Waals surface area (Å²) >= 11 is 0.663.